The van der Waals surface area contributed by atoms with Crippen LogP contribution in [0.2, 0.25) is 0 Å². The lowest BCUT2D eigenvalue weighted by molar-refractivity contribution is -0.0212. The number of hydrogen-bond donors (Lipinski definition) is 2. The minimum atomic E-state index is 0.272. The van der Waals surface area contributed by atoms with E-state index in [4.69, 9.17) is 4.74 Å². The molecule has 2 N–H and O–H groups in total. The minimum absolute atomic E-state index is 0.272. The fraction of sp³-hybridized carbons (Fsp3) is 0.480. The Bertz CT molecular complexity index is 847. The molecule has 1 saturated carbocycles. The highest BCUT2D eigenvalue weighted by molar-refractivity contribution is 5.79. The van der Waals surface area contributed by atoms with E-state index in [2.05, 4.69) is 82.0 Å². The standard InChI is InChI=1S/C25H34N4O/c1-20-17-29(13-14-30-20)18-22-8-6-7-21(15-22)16-27-24(26-2)28-19-25(11-12-25)23-9-4-3-5-10-23/h3-10,15,20H,11-14,16-19H2,1-2H3,(H2,26,27,28). The lowest BCUT2D eigenvalue weighted by atomic mass is 9.96. The van der Waals surface area contributed by atoms with Crippen LogP contribution in [0.3, 0.4) is 0 Å². The van der Waals surface area contributed by atoms with Crippen molar-refractivity contribution in [1.29, 1.82) is 0 Å². The van der Waals surface area contributed by atoms with E-state index in [0.717, 1.165) is 45.3 Å². The Balaban J connectivity index is 1.28. The van der Waals surface area contributed by atoms with Gasteiger partial charge < -0.3 is 15.4 Å². The van der Waals surface area contributed by atoms with Crippen molar-refractivity contribution in [1.82, 2.24) is 15.5 Å². The molecule has 1 saturated heterocycles. The van der Waals surface area contributed by atoms with Crippen LogP contribution in [-0.4, -0.2) is 50.3 Å². The highest BCUT2D eigenvalue weighted by Crippen LogP contribution is 2.47. The molecule has 1 unspecified atom stereocenters. The van der Waals surface area contributed by atoms with Crippen molar-refractivity contribution in [2.24, 2.45) is 4.99 Å². The second-order valence-electron chi connectivity index (χ2n) is 8.66. The predicted molar refractivity (Wildman–Crippen MR) is 123 cm³/mol. The number of aliphatic imine (C=N–C) groups is 1. The normalized spacial score (nSPS) is 21.3. The van der Waals surface area contributed by atoms with Crippen molar-refractivity contribution in [2.75, 3.05) is 33.3 Å². The first kappa shape index (κ1) is 20.9. The molecule has 0 aromatic heterocycles. The van der Waals surface area contributed by atoms with Crippen molar-refractivity contribution in [3.05, 3.63) is 71.3 Å². The van der Waals surface area contributed by atoms with Gasteiger partial charge in [-0.1, -0.05) is 54.6 Å². The maximum Gasteiger partial charge on any atom is 0.191 e. The van der Waals surface area contributed by atoms with Crippen LogP contribution in [0.5, 0.6) is 0 Å². The van der Waals surface area contributed by atoms with Gasteiger partial charge in [0.1, 0.15) is 0 Å². The number of morpholine rings is 1. The maximum atomic E-state index is 5.65. The average molecular weight is 407 g/mol. The third-order valence-electron chi connectivity index (χ3n) is 6.24. The van der Waals surface area contributed by atoms with E-state index in [-0.39, 0.29) is 5.41 Å². The first-order valence-electron chi connectivity index (χ1n) is 11.1. The summed E-state index contributed by atoms with van der Waals surface area (Å²) in [5, 5.41) is 7.02. The SMILES string of the molecule is CN=C(NCc1cccc(CN2CCOC(C)C2)c1)NCC1(c2ccccc2)CC1. The zero-order chi connectivity index (χ0) is 20.8. The Labute approximate surface area is 180 Å². The van der Waals surface area contributed by atoms with Crippen LogP contribution >= 0.6 is 0 Å². The zero-order valence-electron chi connectivity index (χ0n) is 18.2. The smallest absolute Gasteiger partial charge is 0.191 e. The van der Waals surface area contributed by atoms with Gasteiger partial charge in [-0.2, -0.15) is 0 Å². The van der Waals surface area contributed by atoms with Gasteiger partial charge in [0.25, 0.3) is 0 Å². The predicted octanol–water partition coefficient (Wildman–Crippen LogP) is 3.30. The van der Waals surface area contributed by atoms with E-state index >= 15 is 0 Å². The summed E-state index contributed by atoms with van der Waals surface area (Å²) in [5.41, 5.74) is 4.33. The monoisotopic (exact) mass is 406 g/mol. The molecule has 1 heterocycles. The van der Waals surface area contributed by atoms with Gasteiger partial charge in [0, 0.05) is 45.2 Å². The molecule has 30 heavy (non-hydrogen) atoms. The molecule has 0 bridgehead atoms. The second kappa shape index (κ2) is 9.63. The summed E-state index contributed by atoms with van der Waals surface area (Å²) in [6, 6.07) is 19.7. The molecule has 5 heteroatoms. The van der Waals surface area contributed by atoms with Gasteiger partial charge in [-0.25, -0.2) is 0 Å². The lowest BCUT2D eigenvalue weighted by Crippen LogP contribution is -2.41. The van der Waals surface area contributed by atoms with Crippen molar-refractivity contribution in [3.63, 3.8) is 0 Å². The van der Waals surface area contributed by atoms with Crippen LogP contribution in [0, 0.1) is 0 Å². The van der Waals surface area contributed by atoms with Crippen molar-refractivity contribution >= 4 is 5.96 Å². The van der Waals surface area contributed by atoms with Gasteiger partial charge in [0.05, 0.1) is 12.7 Å². The summed E-state index contributed by atoms with van der Waals surface area (Å²) >= 11 is 0. The number of guanidine groups is 1. The fourth-order valence-corrected chi connectivity index (χ4v) is 4.30. The number of nitrogens with one attached hydrogen (secondary N) is 2. The molecule has 0 radical (unpaired) electrons. The van der Waals surface area contributed by atoms with E-state index in [9.17, 15) is 0 Å². The lowest BCUT2D eigenvalue weighted by Gasteiger charge is -2.31. The summed E-state index contributed by atoms with van der Waals surface area (Å²) in [7, 11) is 1.84. The van der Waals surface area contributed by atoms with E-state index in [1.165, 1.54) is 29.5 Å². The second-order valence-corrected chi connectivity index (χ2v) is 8.66. The fourth-order valence-electron chi connectivity index (χ4n) is 4.30. The molecule has 0 amide bonds. The number of benzene rings is 2. The van der Waals surface area contributed by atoms with E-state index in [1.807, 2.05) is 7.05 Å². The minimum Gasteiger partial charge on any atom is -0.376 e. The molecular formula is C25H34N4O. The Kier molecular flexibility index (Phi) is 6.70. The Morgan fingerprint density at radius 1 is 1.10 bits per heavy atom. The molecule has 2 fully saturated rings. The van der Waals surface area contributed by atoms with Gasteiger partial charge in [-0.15, -0.1) is 0 Å². The van der Waals surface area contributed by atoms with E-state index in [0.29, 0.717) is 6.10 Å². The van der Waals surface area contributed by atoms with Crippen molar-refractivity contribution in [3.8, 4) is 0 Å². The largest absolute Gasteiger partial charge is 0.376 e. The highest BCUT2D eigenvalue weighted by atomic mass is 16.5. The summed E-state index contributed by atoms with van der Waals surface area (Å²) in [5.74, 6) is 0.865. The number of nitrogens with zero attached hydrogens (tertiary/aromatic N) is 2. The summed E-state index contributed by atoms with van der Waals surface area (Å²) in [4.78, 5) is 6.90. The molecule has 2 aromatic carbocycles. The molecular weight excluding hydrogens is 372 g/mol. The van der Waals surface area contributed by atoms with Gasteiger partial charge in [-0.05, 0) is 36.5 Å². The Morgan fingerprint density at radius 3 is 2.63 bits per heavy atom. The van der Waals surface area contributed by atoms with E-state index in [1.54, 1.807) is 0 Å². The summed E-state index contributed by atoms with van der Waals surface area (Å²) in [6.45, 7) is 7.66. The maximum absolute atomic E-state index is 5.65. The molecule has 4 rings (SSSR count). The van der Waals surface area contributed by atoms with Crippen LogP contribution in [0.15, 0.2) is 59.6 Å². The van der Waals surface area contributed by atoms with Crippen LogP contribution in [0.25, 0.3) is 0 Å². The van der Waals surface area contributed by atoms with Crippen LogP contribution in [0.1, 0.15) is 36.5 Å². The van der Waals surface area contributed by atoms with Crippen molar-refractivity contribution in [2.45, 2.75) is 44.4 Å². The molecule has 2 aliphatic rings. The highest BCUT2D eigenvalue weighted by Gasteiger charge is 2.43. The van der Waals surface area contributed by atoms with Crippen molar-refractivity contribution < 1.29 is 4.74 Å². The zero-order valence-corrected chi connectivity index (χ0v) is 18.2. The third kappa shape index (κ3) is 5.41. The van der Waals surface area contributed by atoms with Gasteiger partial charge >= 0.3 is 0 Å². The first-order valence-corrected chi connectivity index (χ1v) is 11.1. The number of hydrogen-bond acceptors (Lipinski definition) is 3. The quantitative estimate of drug-likeness (QED) is 0.547. The van der Waals surface area contributed by atoms with Crippen LogP contribution in [0.4, 0.5) is 0 Å². The molecule has 0 spiro atoms. The number of rotatable bonds is 7. The van der Waals surface area contributed by atoms with Gasteiger partial charge in [0.2, 0.25) is 0 Å². The number of ether oxygens (including phenoxy) is 1. The van der Waals surface area contributed by atoms with E-state index < -0.39 is 0 Å². The summed E-state index contributed by atoms with van der Waals surface area (Å²) < 4.78 is 5.65. The van der Waals surface area contributed by atoms with Gasteiger partial charge in [-0.3, -0.25) is 9.89 Å². The van der Waals surface area contributed by atoms with Gasteiger partial charge in [0.15, 0.2) is 5.96 Å². The molecule has 1 aliphatic carbocycles. The average Bonchev–Trinajstić information content (AvgIpc) is 3.56. The molecule has 1 aliphatic heterocycles. The topological polar surface area (TPSA) is 48.9 Å². The molecule has 5 nitrogen and oxygen atoms in total. The Hall–Kier alpha value is -2.37. The first-order chi connectivity index (χ1) is 14.7. The van der Waals surface area contributed by atoms with Crippen LogP contribution in [-0.2, 0) is 23.2 Å². The summed E-state index contributed by atoms with van der Waals surface area (Å²) in [6.07, 6.45) is 2.80. The third-order valence-corrected chi connectivity index (χ3v) is 6.24. The molecule has 160 valence electrons. The molecule has 2 aromatic rings. The Morgan fingerprint density at radius 2 is 1.90 bits per heavy atom. The van der Waals surface area contributed by atoms with Crippen LogP contribution < -0.4 is 10.6 Å². The molecule has 1 atom stereocenters.